The molecule has 1 saturated heterocycles. The Balaban J connectivity index is 1.42. The molecule has 30 heavy (non-hydrogen) atoms. The van der Waals surface area contributed by atoms with Gasteiger partial charge in [0.15, 0.2) is 0 Å². The molecule has 1 aromatic carbocycles. The van der Waals surface area contributed by atoms with Crippen LogP contribution in [0.1, 0.15) is 6.92 Å². The van der Waals surface area contributed by atoms with Crippen molar-refractivity contribution in [1.29, 1.82) is 0 Å². The number of nitrogens with one attached hydrogen (secondary N) is 1. The first-order chi connectivity index (χ1) is 14.5. The molecule has 2 aromatic rings. The van der Waals surface area contributed by atoms with Crippen LogP contribution >= 0.6 is 11.8 Å². The zero-order chi connectivity index (χ0) is 21.3. The minimum atomic E-state index is -0.345. The van der Waals surface area contributed by atoms with Crippen LogP contribution in [0.25, 0.3) is 0 Å². The Hall–Kier alpha value is -3.01. The Labute approximate surface area is 179 Å². The van der Waals surface area contributed by atoms with Crippen LogP contribution in [0.4, 0.5) is 10.5 Å². The molecule has 9 nitrogen and oxygen atoms in total. The van der Waals surface area contributed by atoms with Crippen molar-refractivity contribution in [3.05, 3.63) is 42.7 Å². The van der Waals surface area contributed by atoms with Gasteiger partial charge >= 0.3 is 6.09 Å². The van der Waals surface area contributed by atoms with E-state index in [9.17, 15) is 14.4 Å². The summed E-state index contributed by atoms with van der Waals surface area (Å²) in [6.45, 7) is 3.99. The molecule has 1 N–H and O–H groups in total. The number of hydrogen-bond acceptors (Lipinski definition) is 6. The molecule has 0 bridgehead atoms. The number of nitrogens with zero attached hydrogens (tertiary/aromatic N) is 4. The molecule has 1 aliphatic heterocycles. The third-order valence-electron chi connectivity index (χ3n) is 4.49. The van der Waals surface area contributed by atoms with Crippen LogP contribution in [0, 0.1) is 0 Å². The van der Waals surface area contributed by atoms with E-state index >= 15 is 0 Å². The summed E-state index contributed by atoms with van der Waals surface area (Å²) in [6, 6.07) is 9.69. The standard InChI is InChI=1S/C20H25N5O4S/c1-2-29-20(28)24-10-8-23(9-11-24)19(27)14-25-13-16(12-21-25)22-18(26)15-30-17-6-4-3-5-7-17/h3-7,12-13H,2,8-11,14-15H2,1H3,(H,22,26). The van der Waals surface area contributed by atoms with Gasteiger partial charge in [-0.2, -0.15) is 5.10 Å². The van der Waals surface area contributed by atoms with Crippen molar-refractivity contribution in [3.63, 3.8) is 0 Å². The Bertz CT molecular complexity index is 865. The number of amides is 3. The average Bonchev–Trinajstić information content (AvgIpc) is 3.19. The van der Waals surface area contributed by atoms with Crippen LogP contribution in [0.2, 0.25) is 0 Å². The van der Waals surface area contributed by atoms with E-state index in [2.05, 4.69) is 10.4 Å². The Morgan fingerprint density at radius 2 is 1.80 bits per heavy atom. The lowest BCUT2D eigenvalue weighted by Gasteiger charge is -2.34. The molecule has 1 aliphatic rings. The highest BCUT2D eigenvalue weighted by molar-refractivity contribution is 8.00. The first-order valence-corrected chi connectivity index (χ1v) is 10.7. The fraction of sp³-hybridized carbons (Fsp3) is 0.400. The fourth-order valence-electron chi connectivity index (χ4n) is 2.97. The van der Waals surface area contributed by atoms with E-state index in [1.807, 2.05) is 30.3 Å². The van der Waals surface area contributed by atoms with E-state index < -0.39 is 0 Å². The number of anilines is 1. The number of benzene rings is 1. The third-order valence-corrected chi connectivity index (χ3v) is 5.50. The molecule has 1 fully saturated rings. The van der Waals surface area contributed by atoms with E-state index in [1.165, 1.54) is 22.6 Å². The lowest BCUT2D eigenvalue weighted by atomic mass is 10.3. The summed E-state index contributed by atoms with van der Waals surface area (Å²) >= 11 is 1.45. The summed E-state index contributed by atoms with van der Waals surface area (Å²) in [5, 5.41) is 6.94. The van der Waals surface area contributed by atoms with Gasteiger partial charge < -0.3 is 19.9 Å². The minimum absolute atomic E-state index is 0.0774. The molecule has 0 aliphatic carbocycles. The van der Waals surface area contributed by atoms with Gasteiger partial charge in [-0.15, -0.1) is 11.8 Å². The van der Waals surface area contributed by atoms with Gasteiger partial charge in [0.25, 0.3) is 0 Å². The normalized spacial score (nSPS) is 13.8. The molecule has 3 amide bonds. The summed E-state index contributed by atoms with van der Waals surface area (Å²) in [6.07, 6.45) is 2.82. The lowest BCUT2D eigenvalue weighted by Crippen LogP contribution is -2.51. The van der Waals surface area contributed by atoms with Gasteiger partial charge in [0.05, 0.1) is 24.2 Å². The topological polar surface area (TPSA) is 96.8 Å². The monoisotopic (exact) mass is 431 g/mol. The van der Waals surface area contributed by atoms with Crippen LogP contribution in [0.15, 0.2) is 47.6 Å². The lowest BCUT2D eigenvalue weighted by molar-refractivity contribution is -0.133. The average molecular weight is 432 g/mol. The van der Waals surface area contributed by atoms with Crippen LogP contribution in [-0.4, -0.2) is 76.0 Å². The number of piperazine rings is 1. The Kier molecular flexibility index (Phi) is 7.72. The van der Waals surface area contributed by atoms with Gasteiger partial charge in [-0.3, -0.25) is 14.3 Å². The Morgan fingerprint density at radius 3 is 2.50 bits per heavy atom. The van der Waals surface area contributed by atoms with Gasteiger partial charge in [-0.1, -0.05) is 18.2 Å². The van der Waals surface area contributed by atoms with Crippen molar-refractivity contribution in [3.8, 4) is 0 Å². The van der Waals surface area contributed by atoms with Gasteiger partial charge in [0.2, 0.25) is 11.8 Å². The molecule has 0 saturated carbocycles. The predicted octanol–water partition coefficient (Wildman–Crippen LogP) is 1.91. The SMILES string of the molecule is CCOC(=O)N1CCN(C(=O)Cn2cc(NC(=O)CSc3ccccc3)cn2)CC1. The maximum absolute atomic E-state index is 12.5. The van der Waals surface area contributed by atoms with Gasteiger partial charge in [-0.05, 0) is 19.1 Å². The molecule has 160 valence electrons. The summed E-state index contributed by atoms with van der Waals surface area (Å²) < 4.78 is 6.48. The molecule has 0 atom stereocenters. The predicted molar refractivity (Wildman–Crippen MR) is 113 cm³/mol. The van der Waals surface area contributed by atoms with Crippen molar-refractivity contribution in [2.75, 3.05) is 43.9 Å². The second kappa shape index (κ2) is 10.7. The fourth-order valence-corrected chi connectivity index (χ4v) is 3.69. The molecule has 10 heteroatoms. The molecule has 3 rings (SSSR count). The van der Waals surface area contributed by atoms with Crippen LogP contribution < -0.4 is 5.32 Å². The first kappa shape index (κ1) is 21.7. The van der Waals surface area contributed by atoms with Crippen LogP contribution in [0.5, 0.6) is 0 Å². The number of ether oxygens (including phenoxy) is 1. The van der Waals surface area contributed by atoms with E-state index in [-0.39, 0.29) is 24.5 Å². The number of carbonyl (C=O) groups is 3. The van der Waals surface area contributed by atoms with Crippen LogP contribution in [0.3, 0.4) is 0 Å². The first-order valence-electron chi connectivity index (χ1n) is 9.74. The number of carbonyl (C=O) groups excluding carboxylic acids is 3. The molecule has 0 radical (unpaired) electrons. The largest absolute Gasteiger partial charge is 0.450 e. The molecule has 1 aromatic heterocycles. The molecule has 0 unspecified atom stereocenters. The Morgan fingerprint density at radius 1 is 1.10 bits per heavy atom. The highest BCUT2D eigenvalue weighted by Crippen LogP contribution is 2.17. The van der Waals surface area contributed by atoms with Gasteiger partial charge in [-0.25, -0.2) is 4.79 Å². The number of rotatable bonds is 7. The zero-order valence-corrected chi connectivity index (χ0v) is 17.6. The summed E-state index contributed by atoms with van der Waals surface area (Å²) in [4.78, 5) is 40.7. The molecular weight excluding hydrogens is 406 g/mol. The van der Waals surface area contributed by atoms with Crippen molar-refractivity contribution >= 4 is 35.4 Å². The van der Waals surface area contributed by atoms with Crippen molar-refractivity contribution in [1.82, 2.24) is 19.6 Å². The van der Waals surface area contributed by atoms with E-state index in [4.69, 9.17) is 4.74 Å². The maximum atomic E-state index is 12.5. The summed E-state index contributed by atoms with van der Waals surface area (Å²) in [7, 11) is 0. The molecular formula is C20H25N5O4S. The quantitative estimate of drug-likeness (QED) is 0.673. The van der Waals surface area contributed by atoms with E-state index in [1.54, 1.807) is 22.9 Å². The highest BCUT2D eigenvalue weighted by atomic mass is 32.2. The summed E-state index contributed by atoms with van der Waals surface area (Å²) in [5.41, 5.74) is 0.550. The number of hydrogen-bond donors (Lipinski definition) is 1. The highest BCUT2D eigenvalue weighted by Gasteiger charge is 2.25. The van der Waals surface area contributed by atoms with Gasteiger partial charge in [0.1, 0.15) is 6.54 Å². The van der Waals surface area contributed by atoms with Crippen molar-refractivity contribution in [2.45, 2.75) is 18.4 Å². The smallest absolute Gasteiger partial charge is 0.409 e. The van der Waals surface area contributed by atoms with Crippen LogP contribution in [-0.2, 0) is 20.9 Å². The van der Waals surface area contributed by atoms with E-state index in [0.717, 1.165) is 4.90 Å². The zero-order valence-electron chi connectivity index (χ0n) is 16.8. The minimum Gasteiger partial charge on any atom is -0.450 e. The number of thioether (sulfide) groups is 1. The maximum Gasteiger partial charge on any atom is 0.409 e. The second-order valence-electron chi connectivity index (χ2n) is 6.64. The third kappa shape index (κ3) is 6.24. The van der Waals surface area contributed by atoms with Crippen molar-refractivity contribution in [2.24, 2.45) is 0 Å². The molecule has 2 heterocycles. The van der Waals surface area contributed by atoms with Gasteiger partial charge in [0, 0.05) is 37.3 Å². The van der Waals surface area contributed by atoms with Crippen molar-refractivity contribution < 1.29 is 19.1 Å². The second-order valence-corrected chi connectivity index (χ2v) is 7.69. The van der Waals surface area contributed by atoms with E-state index in [0.29, 0.717) is 44.2 Å². The summed E-state index contributed by atoms with van der Waals surface area (Å²) in [5.74, 6) is 0.0720. The number of aromatic nitrogens is 2. The molecule has 0 spiro atoms.